The van der Waals surface area contributed by atoms with Crippen LogP contribution in [-0.2, 0) is 4.79 Å². The third-order valence-corrected chi connectivity index (χ3v) is 5.11. The van der Waals surface area contributed by atoms with E-state index in [-0.39, 0.29) is 18.4 Å². The second kappa shape index (κ2) is 9.78. The summed E-state index contributed by atoms with van der Waals surface area (Å²) in [7, 11) is 1.57. The van der Waals surface area contributed by atoms with E-state index < -0.39 is 0 Å². The van der Waals surface area contributed by atoms with E-state index in [1.165, 1.54) is 37.7 Å². The van der Waals surface area contributed by atoms with Crippen LogP contribution < -0.4 is 20.9 Å². The Balaban J connectivity index is 1.46. The molecule has 2 aromatic rings. The molecule has 2 aromatic carbocycles. The molecule has 0 bridgehead atoms. The average molecular weight is 381 g/mol. The van der Waals surface area contributed by atoms with Crippen molar-refractivity contribution in [2.24, 2.45) is 0 Å². The Labute approximate surface area is 165 Å². The minimum absolute atomic E-state index is 0.0151. The molecule has 0 heterocycles. The van der Waals surface area contributed by atoms with E-state index in [0.29, 0.717) is 22.9 Å². The van der Waals surface area contributed by atoms with Gasteiger partial charge in [-0.25, -0.2) is 0 Å². The molecule has 2 amide bonds. The van der Waals surface area contributed by atoms with Crippen molar-refractivity contribution in [2.45, 2.75) is 38.0 Å². The molecule has 1 saturated carbocycles. The number of anilines is 1. The monoisotopic (exact) mass is 381 g/mol. The number of nitrogens with one attached hydrogen (secondary N) is 3. The topological polar surface area (TPSA) is 79.5 Å². The molecule has 1 aliphatic carbocycles. The van der Waals surface area contributed by atoms with Crippen LogP contribution in [0.2, 0.25) is 0 Å². The first-order chi connectivity index (χ1) is 13.7. The van der Waals surface area contributed by atoms with Crippen LogP contribution in [0.3, 0.4) is 0 Å². The fourth-order valence-corrected chi connectivity index (χ4v) is 3.55. The summed E-state index contributed by atoms with van der Waals surface area (Å²) < 4.78 is 5.22. The van der Waals surface area contributed by atoms with E-state index >= 15 is 0 Å². The molecule has 0 aliphatic heterocycles. The van der Waals surface area contributed by atoms with Crippen LogP contribution in [0.5, 0.6) is 5.75 Å². The number of carbonyl (C=O) groups is 2. The van der Waals surface area contributed by atoms with E-state index in [4.69, 9.17) is 4.74 Å². The zero-order chi connectivity index (χ0) is 19.8. The Kier molecular flexibility index (Phi) is 6.89. The molecule has 28 heavy (non-hydrogen) atoms. The molecule has 3 rings (SSSR count). The van der Waals surface area contributed by atoms with Gasteiger partial charge < -0.3 is 10.1 Å². The standard InChI is InChI=1S/C22H27N3O3/c1-28-20-10-6-5-9-19(20)23-15-21(26)24-25-22(27)18-13-11-17(12-14-18)16-7-3-2-4-8-16/h5-6,9-14,16,23H,2-4,7-8,15H2,1H3,(H,24,26)(H,25,27). The Bertz CT molecular complexity index is 799. The van der Waals surface area contributed by atoms with Crippen molar-refractivity contribution in [1.29, 1.82) is 0 Å². The first-order valence-electron chi connectivity index (χ1n) is 9.73. The molecule has 6 heteroatoms. The van der Waals surface area contributed by atoms with Gasteiger partial charge in [0.15, 0.2) is 0 Å². The number of para-hydroxylation sites is 2. The summed E-state index contributed by atoms with van der Waals surface area (Å²) in [5.74, 6) is 0.572. The molecule has 1 aliphatic rings. The summed E-state index contributed by atoms with van der Waals surface area (Å²) in [6.07, 6.45) is 6.33. The number of hydrogen-bond donors (Lipinski definition) is 3. The highest BCUT2D eigenvalue weighted by Crippen LogP contribution is 2.32. The van der Waals surface area contributed by atoms with Gasteiger partial charge in [0.1, 0.15) is 5.75 Å². The van der Waals surface area contributed by atoms with Crippen LogP contribution in [0.15, 0.2) is 48.5 Å². The smallest absolute Gasteiger partial charge is 0.269 e. The van der Waals surface area contributed by atoms with Crippen LogP contribution in [0.25, 0.3) is 0 Å². The predicted octanol–water partition coefficient (Wildman–Crippen LogP) is 3.62. The minimum atomic E-state index is -0.349. The number of carbonyl (C=O) groups excluding carboxylic acids is 2. The van der Waals surface area contributed by atoms with Gasteiger partial charge in [-0.15, -0.1) is 0 Å². The van der Waals surface area contributed by atoms with E-state index in [1.54, 1.807) is 13.2 Å². The molecule has 3 N–H and O–H groups in total. The number of benzene rings is 2. The van der Waals surface area contributed by atoms with E-state index in [2.05, 4.69) is 16.2 Å². The second-order valence-electron chi connectivity index (χ2n) is 7.01. The van der Waals surface area contributed by atoms with Crippen molar-refractivity contribution < 1.29 is 14.3 Å². The van der Waals surface area contributed by atoms with E-state index in [9.17, 15) is 9.59 Å². The summed E-state index contributed by atoms with van der Waals surface area (Å²) in [6.45, 7) is 0.0151. The number of rotatable bonds is 6. The number of amides is 2. The van der Waals surface area contributed by atoms with Crippen molar-refractivity contribution in [1.82, 2.24) is 10.9 Å². The SMILES string of the molecule is COc1ccccc1NCC(=O)NNC(=O)c1ccc(C2CCCCC2)cc1. The van der Waals surface area contributed by atoms with E-state index in [1.807, 2.05) is 42.5 Å². The predicted molar refractivity (Wildman–Crippen MR) is 109 cm³/mol. The molecule has 0 aromatic heterocycles. The second-order valence-corrected chi connectivity index (χ2v) is 7.01. The van der Waals surface area contributed by atoms with Crippen LogP contribution in [0.4, 0.5) is 5.69 Å². The van der Waals surface area contributed by atoms with Gasteiger partial charge in [-0.05, 0) is 48.6 Å². The fourth-order valence-electron chi connectivity index (χ4n) is 3.55. The van der Waals surface area contributed by atoms with Gasteiger partial charge in [0.2, 0.25) is 0 Å². The van der Waals surface area contributed by atoms with E-state index in [0.717, 1.165) is 0 Å². The summed E-state index contributed by atoms with van der Waals surface area (Å²) in [5, 5.41) is 2.98. The third kappa shape index (κ3) is 5.25. The van der Waals surface area contributed by atoms with Crippen molar-refractivity contribution in [3.8, 4) is 5.75 Å². The zero-order valence-electron chi connectivity index (χ0n) is 16.2. The van der Waals surface area contributed by atoms with Gasteiger partial charge in [-0.3, -0.25) is 20.4 Å². The molecule has 0 radical (unpaired) electrons. The van der Waals surface area contributed by atoms with Gasteiger partial charge in [0, 0.05) is 5.56 Å². The molecule has 6 nitrogen and oxygen atoms in total. The quantitative estimate of drug-likeness (QED) is 0.668. The lowest BCUT2D eigenvalue weighted by Crippen LogP contribution is -2.44. The first kappa shape index (κ1) is 19.7. The van der Waals surface area contributed by atoms with Crippen LogP contribution in [0.1, 0.15) is 53.9 Å². The van der Waals surface area contributed by atoms with Crippen molar-refractivity contribution >= 4 is 17.5 Å². The zero-order valence-corrected chi connectivity index (χ0v) is 16.2. The van der Waals surface area contributed by atoms with Crippen molar-refractivity contribution in [3.05, 3.63) is 59.7 Å². The largest absolute Gasteiger partial charge is 0.495 e. The summed E-state index contributed by atoms with van der Waals surface area (Å²) in [6, 6.07) is 15.0. The number of methoxy groups -OCH3 is 1. The maximum Gasteiger partial charge on any atom is 0.269 e. The Morgan fingerprint density at radius 2 is 1.68 bits per heavy atom. The Morgan fingerprint density at radius 3 is 2.39 bits per heavy atom. The molecular formula is C22H27N3O3. The molecule has 148 valence electrons. The van der Waals surface area contributed by atoms with Gasteiger partial charge in [0.25, 0.3) is 11.8 Å². The fraction of sp³-hybridized carbons (Fsp3) is 0.364. The van der Waals surface area contributed by atoms with Gasteiger partial charge in [0.05, 0.1) is 19.3 Å². The Morgan fingerprint density at radius 1 is 0.964 bits per heavy atom. The maximum atomic E-state index is 12.2. The number of ether oxygens (including phenoxy) is 1. The lowest BCUT2D eigenvalue weighted by atomic mass is 9.84. The normalized spacial score (nSPS) is 14.2. The molecule has 1 fully saturated rings. The van der Waals surface area contributed by atoms with Crippen LogP contribution in [-0.4, -0.2) is 25.5 Å². The maximum absolute atomic E-state index is 12.2. The number of hydrazine groups is 1. The molecule has 0 spiro atoms. The lowest BCUT2D eigenvalue weighted by molar-refractivity contribution is -0.120. The highest BCUT2D eigenvalue weighted by molar-refractivity contribution is 5.95. The molecule has 0 unspecified atom stereocenters. The summed E-state index contributed by atoms with van der Waals surface area (Å²) >= 11 is 0. The van der Waals surface area contributed by atoms with Crippen molar-refractivity contribution in [2.75, 3.05) is 19.0 Å². The molecular weight excluding hydrogens is 354 g/mol. The van der Waals surface area contributed by atoms with Crippen LogP contribution in [0, 0.1) is 0 Å². The van der Waals surface area contributed by atoms with Crippen LogP contribution >= 0.6 is 0 Å². The van der Waals surface area contributed by atoms with Crippen molar-refractivity contribution in [3.63, 3.8) is 0 Å². The minimum Gasteiger partial charge on any atom is -0.495 e. The average Bonchev–Trinajstić information content (AvgIpc) is 2.77. The van der Waals surface area contributed by atoms with Gasteiger partial charge in [-0.2, -0.15) is 0 Å². The van der Waals surface area contributed by atoms with Gasteiger partial charge in [-0.1, -0.05) is 43.5 Å². The third-order valence-electron chi connectivity index (χ3n) is 5.11. The Hall–Kier alpha value is -3.02. The highest BCUT2D eigenvalue weighted by Gasteiger charge is 2.16. The van der Waals surface area contributed by atoms with Gasteiger partial charge >= 0.3 is 0 Å². The first-order valence-corrected chi connectivity index (χ1v) is 9.73. The summed E-state index contributed by atoms with van der Waals surface area (Å²) in [5.41, 5.74) is 7.41. The number of hydrogen-bond acceptors (Lipinski definition) is 4. The lowest BCUT2D eigenvalue weighted by Gasteiger charge is -2.22. The molecule has 0 atom stereocenters. The highest BCUT2D eigenvalue weighted by atomic mass is 16.5. The summed E-state index contributed by atoms with van der Waals surface area (Å²) in [4.78, 5) is 24.2. The molecule has 0 saturated heterocycles.